The van der Waals surface area contributed by atoms with E-state index in [4.69, 9.17) is 44.6 Å². The monoisotopic (exact) mass is 1010 g/mol. The van der Waals surface area contributed by atoms with Crippen LogP contribution in [0.3, 0.4) is 0 Å². The Labute approximate surface area is 386 Å². The molecule has 19 heteroatoms. The van der Waals surface area contributed by atoms with Gasteiger partial charge in [-0.25, -0.2) is 9.97 Å². The summed E-state index contributed by atoms with van der Waals surface area (Å²) in [5.41, 5.74) is 24.8. The number of nitrogens with two attached hydrogens (primary N) is 4. The number of pyridine rings is 6. The summed E-state index contributed by atoms with van der Waals surface area (Å²) < 4.78 is 6.10. The third kappa shape index (κ3) is 18.0. The Hall–Kier alpha value is -6.05. The van der Waals surface area contributed by atoms with Crippen LogP contribution in [0.2, 0.25) is 18.5 Å². The third-order valence-electron chi connectivity index (χ3n) is 9.31. The van der Waals surface area contributed by atoms with Crippen LogP contribution in [-0.2, 0) is 0 Å². The molecule has 0 unspecified atom stereocenters. The van der Waals surface area contributed by atoms with E-state index in [2.05, 4.69) is 63.9 Å². The first-order valence-corrected chi connectivity index (χ1v) is 27.9. The fourth-order valence-corrected chi connectivity index (χ4v) is 21.8. The Morgan fingerprint density at radius 1 is 0.547 bits per heavy atom. The van der Waals surface area contributed by atoms with Gasteiger partial charge in [-0.3, -0.25) is 35.2 Å². The minimum atomic E-state index is -2.21. The molecule has 346 valence electrons. The Bertz CT molecular complexity index is 2190. The van der Waals surface area contributed by atoms with E-state index in [9.17, 15) is 20.2 Å². The molecule has 0 spiro atoms. The molecule has 0 saturated carbocycles. The van der Waals surface area contributed by atoms with E-state index in [1.807, 2.05) is 24.4 Å². The van der Waals surface area contributed by atoms with E-state index >= 15 is 0 Å². The van der Waals surface area contributed by atoms with Crippen molar-refractivity contribution < 1.29 is 15.0 Å². The average Bonchev–Trinajstić information content (AvgIpc) is 3.29. The van der Waals surface area contributed by atoms with Crippen molar-refractivity contribution in [3.63, 3.8) is 0 Å². The summed E-state index contributed by atoms with van der Waals surface area (Å²) in [5.74, 6) is 0. The number of aliphatic hydroxyl groups is 1. The number of aromatic nitrogens is 6. The fourth-order valence-electron chi connectivity index (χ4n) is 6.15. The number of halogens is 1. The SMILES string of the molecule is C.C.CCC[CH2][Sn]([CH2]CCC)([CH2]CCC)[c]1ccccn1.CO.Nc1ccnc(-c2ccccn2)c1N.Nc1ccnc(-c2ccccn2)c1[N+](=O)[O-].Nc1ccnc(Cl)c1[N+](=O)[O-]. The van der Waals surface area contributed by atoms with Crippen LogP contribution in [0.25, 0.3) is 22.8 Å². The summed E-state index contributed by atoms with van der Waals surface area (Å²) in [6, 6.07) is 21.7. The topological polar surface area (TPSA) is 288 Å². The summed E-state index contributed by atoms with van der Waals surface area (Å²) in [6.07, 6.45) is 17.9. The molecule has 6 aromatic rings. The van der Waals surface area contributed by atoms with Crippen molar-refractivity contribution in [1.82, 2.24) is 29.9 Å². The van der Waals surface area contributed by atoms with Crippen LogP contribution >= 0.6 is 11.6 Å². The van der Waals surface area contributed by atoms with Gasteiger partial charge in [-0.15, -0.1) is 0 Å². The van der Waals surface area contributed by atoms with Gasteiger partial charge in [0, 0.05) is 38.1 Å². The smallest absolute Gasteiger partial charge is 0.329 e. The first-order chi connectivity index (χ1) is 29.9. The van der Waals surface area contributed by atoms with Crippen LogP contribution in [-0.4, -0.2) is 70.3 Å². The van der Waals surface area contributed by atoms with E-state index in [0.717, 1.165) is 12.8 Å². The molecule has 0 fully saturated rings. The van der Waals surface area contributed by atoms with E-state index in [0.29, 0.717) is 22.8 Å². The second kappa shape index (κ2) is 31.7. The summed E-state index contributed by atoms with van der Waals surface area (Å²) in [6.45, 7) is 6.98. The number of unbranched alkanes of at least 4 members (excludes halogenated alkanes) is 3. The molecule has 0 aliphatic rings. The molecule has 6 heterocycles. The molecule has 0 saturated heterocycles. The zero-order valence-electron chi connectivity index (χ0n) is 35.6. The van der Waals surface area contributed by atoms with Crippen molar-refractivity contribution in [1.29, 1.82) is 0 Å². The van der Waals surface area contributed by atoms with Crippen molar-refractivity contribution in [2.45, 2.75) is 87.5 Å². The number of rotatable bonds is 14. The normalized spacial score (nSPS) is 9.91. The summed E-state index contributed by atoms with van der Waals surface area (Å²) in [4.78, 5) is 44.5. The number of nitrogens with zero attached hydrogens (tertiary/aromatic N) is 8. The summed E-state index contributed by atoms with van der Waals surface area (Å²) >= 11 is 3.18. The molecule has 6 rings (SSSR count). The van der Waals surface area contributed by atoms with E-state index < -0.39 is 28.2 Å². The van der Waals surface area contributed by atoms with Crippen molar-refractivity contribution in [2.24, 2.45) is 0 Å². The van der Waals surface area contributed by atoms with Gasteiger partial charge in [0.1, 0.15) is 17.1 Å². The van der Waals surface area contributed by atoms with Crippen LogP contribution < -0.4 is 26.6 Å². The molecule has 17 nitrogen and oxygen atoms in total. The number of hydrogen-bond acceptors (Lipinski definition) is 15. The number of aliphatic hydroxyl groups excluding tert-OH is 1. The maximum Gasteiger partial charge on any atom is 0.329 e. The number of hydrogen-bond donors (Lipinski definition) is 5. The maximum atomic E-state index is 10.9. The number of nitro groups is 2. The van der Waals surface area contributed by atoms with Gasteiger partial charge in [0.25, 0.3) is 0 Å². The van der Waals surface area contributed by atoms with Crippen LogP contribution in [0, 0.1) is 20.2 Å². The van der Waals surface area contributed by atoms with Crippen LogP contribution in [0.5, 0.6) is 0 Å². The van der Waals surface area contributed by atoms with Gasteiger partial charge in [-0.2, -0.15) is 0 Å². The first kappa shape index (κ1) is 57.9. The summed E-state index contributed by atoms with van der Waals surface area (Å²) in [7, 11) is 1.00. The Morgan fingerprint density at radius 3 is 1.34 bits per heavy atom. The predicted molar refractivity (Wildman–Crippen MR) is 266 cm³/mol. The van der Waals surface area contributed by atoms with Gasteiger partial charge >= 0.3 is 135 Å². The Balaban J connectivity index is 0.000000819. The maximum absolute atomic E-state index is 10.9. The first-order valence-electron chi connectivity index (χ1n) is 20.0. The third-order valence-corrected chi connectivity index (χ3v) is 24.7. The largest absolute Gasteiger partial charge is 0.400 e. The molecule has 0 atom stereocenters. The molecule has 9 N–H and O–H groups in total. The molecule has 0 bridgehead atoms. The zero-order chi connectivity index (χ0) is 45.9. The Kier molecular flexibility index (Phi) is 28.7. The fraction of sp³-hybridized carbons (Fsp3) is 0.333. The van der Waals surface area contributed by atoms with Gasteiger partial charge in [-0.05, 0) is 42.5 Å². The minimum Gasteiger partial charge on any atom is -0.400 e. The molecule has 0 amide bonds. The minimum absolute atomic E-state index is 0. The average molecular weight is 1010 g/mol. The molecular weight excluding hydrogens is 943 g/mol. The van der Waals surface area contributed by atoms with Crippen molar-refractivity contribution in [3.05, 3.63) is 135 Å². The van der Waals surface area contributed by atoms with Gasteiger partial charge in [0.2, 0.25) is 5.15 Å². The van der Waals surface area contributed by atoms with Crippen LogP contribution in [0.1, 0.15) is 74.1 Å². The molecule has 0 radical (unpaired) electrons. The predicted octanol–water partition coefficient (Wildman–Crippen LogP) is 10.2. The zero-order valence-corrected chi connectivity index (χ0v) is 39.2. The second-order valence-corrected chi connectivity index (χ2v) is 27.0. The van der Waals surface area contributed by atoms with E-state index in [1.54, 1.807) is 46.6 Å². The van der Waals surface area contributed by atoms with E-state index in [-0.39, 0.29) is 48.4 Å². The van der Waals surface area contributed by atoms with Crippen LogP contribution in [0.15, 0.2) is 110 Å². The van der Waals surface area contributed by atoms with Gasteiger partial charge < -0.3 is 28.0 Å². The van der Waals surface area contributed by atoms with Gasteiger partial charge in [0.05, 0.1) is 32.6 Å². The molecule has 0 aliphatic carbocycles. The number of nitrogen functional groups attached to an aromatic ring is 4. The van der Waals surface area contributed by atoms with Gasteiger partial charge in [-0.1, -0.05) is 38.6 Å². The second-order valence-electron chi connectivity index (χ2n) is 13.5. The van der Waals surface area contributed by atoms with E-state index in [1.165, 1.54) is 76.4 Å². The van der Waals surface area contributed by atoms with Crippen molar-refractivity contribution >= 4 is 67.8 Å². The molecular formula is C45H65ClN12O5Sn. The molecule has 0 aromatic carbocycles. The molecule has 6 aromatic heterocycles. The van der Waals surface area contributed by atoms with Crippen LogP contribution in [0.4, 0.5) is 34.1 Å². The summed E-state index contributed by atoms with van der Waals surface area (Å²) in [5, 5.41) is 27.9. The van der Waals surface area contributed by atoms with Gasteiger partial charge in [0.15, 0.2) is 5.69 Å². The van der Waals surface area contributed by atoms with Crippen molar-refractivity contribution in [3.8, 4) is 22.8 Å². The molecule has 64 heavy (non-hydrogen) atoms. The standard InChI is InChI=1S/C10H8N4O2.C10H10N4.C5H4ClN3O2.C5H4N.3C4H9.CH4O.2CH4.Sn/c11-7-4-6-13-9(10(7)14(15)16)8-3-1-2-5-12-8;11-7-4-6-14-10(9(7)12)8-3-1-2-5-13-8;6-5-4(9(10)11)3(7)1-2-8-5;1-2-4-6-5-3-1;3*1-3-4-2;1-2;;;/h1-6H,(H2,11,13);1-6H,12H2,(H2,11,14);1-2H,(H2,7,8);1-4H;3*1,3-4H2,2H3;2H,1H3;2*1H4;. The quantitative estimate of drug-likeness (QED) is 0.0293. The molecule has 0 aliphatic heterocycles. The number of anilines is 4. The van der Waals surface area contributed by atoms with Crippen molar-refractivity contribution in [2.75, 3.05) is 30.0 Å². The Morgan fingerprint density at radius 2 is 0.953 bits per heavy atom.